The van der Waals surface area contributed by atoms with E-state index in [9.17, 15) is 0 Å². The van der Waals surface area contributed by atoms with Gasteiger partial charge in [-0.25, -0.2) is 9.55 Å². The van der Waals surface area contributed by atoms with E-state index in [1.807, 2.05) is 46.1 Å². The molecule has 0 bridgehead atoms. The van der Waals surface area contributed by atoms with Crippen LogP contribution in [0.25, 0.3) is 5.69 Å². The highest BCUT2D eigenvalue weighted by Gasteiger charge is 2.29. The van der Waals surface area contributed by atoms with E-state index in [1.54, 1.807) is 6.20 Å². The minimum atomic E-state index is 0.191. The Morgan fingerprint density at radius 3 is 2.34 bits per heavy atom. The predicted octanol–water partition coefficient (Wildman–Crippen LogP) is 5.69. The van der Waals surface area contributed by atoms with E-state index in [2.05, 4.69) is 55.8 Å². The fourth-order valence-electron chi connectivity index (χ4n) is 4.33. The number of hydrogen-bond acceptors (Lipinski definition) is 6. The molecule has 0 spiro atoms. The molecule has 1 fully saturated rings. The molecule has 0 atom stereocenters. The van der Waals surface area contributed by atoms with E-state index in [0.29, 0.717) is 24.4 Å². The van der Waals surface area contributed by atoms with Gasteiger partial charge in [-0.1, -0.05) is 50.5 Å². The molecule has 7 heteroatoms. The van der Waals surface area contributed by atoms with Gasteiger partial charge in [0, 0.05) is 24.7 Å². The average molecular weight is 480 g/mol. The van der Waals surface area contributed by atoms with E-state index in [4.69, 9.17) is 9.47 Å². The molecule has 0 aliphatic heterocycles. The molecule has 0 N–H and O–H groups in total. The van der Waals surface area contributed by atoms with Crippen LogP contribution in [0.2, 0.25) is 0 Å². The van der Waals surface area contributed by atoms with Gasteiger partial charge in [-0.2, -0.15) is 0 Å². The Labute approximate surface area is 210 Å². The van der Waals surface area contributed by atoms with E-state index in [0.717, 1.165) is 56.6 Å². The number of aromatic nitrogens is 4. The summed E-state index contributed by atoms with van der Waals surface area (Å²) in [6.07, 6.45) is 8.13. The first kappa shape index (κ1) is 26.7. The molecule has 1 aliphatic rings. The molecule has 4 rings (SSSR count). The van der Waals surface area contributed by atoms with Crippen molar-refractivity contribution in [1.82, 2.24) is 24.6 Å². The van der Waals surface area contributed by atoms with Gasteiger partial charge < -0.3 is 14.4 Å². The number of rotatable bonds is 10. The molecule has 3 aromatic rings. The van der Waals surface area contributed by atoms with Crippen molar-refractivity contribution in [2.24, 2.45) is 0 Å². The molecule has 0 amide bonds. The van der Waals surface area contributed by atoms with E-state index in [-0.39, 0.29) is 6.10 Å². The number of ether oxygens (including phenoxy) is 2. The number of pyridine rings is 1. The van der Waals surface area contributed by atoms with Crippen molar-refractivity contribution in [3.05, 3.63) is 60.0 Å². The maximum atomic E-state index is 6.09. The first-order chi connectivity index (χ1) is 17.1. The van der Waals surface area contributed by atoms with Crippen LogP contribution in [0.3, 0.4) is 0 Å². The Morgan fingerprint density at radius 1 is 0.971 bits per heavy atom. The molecule has 0 unspecified atom stereocenters. The topological polar surface area (TPSA) is 65.3 Å². The zero-order chi connectivity index (χ0) is 25.0. The zero-order valence-electron chi connectivity index (χ0n) is 22.0. The van der Waals surface area contributed by atoms with Crippen LogP contribution in [0.5, 0.6) is 11.9 Å². The third-order valence-electron chi connectivity index (χ3n) is 6.13. The van der Waals surface area contributed by atoms with Crippen LogP contribution in [-0.4, -0.2) is 58.0 Å². The number of aryl methyl sites for hydroxylation is 1. The molecule has 1 aliphatic carbocycles. The van der Waals surface area contributed by atoms with Crippen molar-refractivity contribution in [3.63, 3.8) is 0 Å². The second kappa shape index (κ2) is 13.8. The Hall–Kier alpha value is -2.93. The lowest BCUT2D eigenvalue weighted by Crippen LogP contribution is -2.25. The lowest BCUT2D eigenvalue weighted by molar-refractivity contribution is 0.138. The van der Waals surface area contributed by atoms with E-state index < -0.39 is 0 Å². The molecule has 190 valence electrons. The monoisotopic (exact) mass is 479 g/mol. The smallest absolute Gasteiger partial charge is 0.321 e. The number of hydrogen-bond donors (Lipinski definition) is 0. The molecular weight excluding hydrogens is 438 g/mol. The fourth-order valence-corrected chi connectivity index (χ4v) is 4.33. The molecular formula is C28H41N5O2. The molecule has 7 nitrogen and oxygen atoms in total. The molecule has 2 heterocycles. The highest BCUT2D eigenvalue weighted by Crippen LogP contribution is 2.36. The lowest BCUT2D eigenvalue weighted by Gasteiger charge is -2.28. The van der Waals surface area contributed by atoms with E-state index in [1.165, 1.54) is 5.56 Å². The van der Waals surface area contributed by atoms with Crippen LogP contribution in [0.4, 0.5) is 0 Å². The van der Waals surface area contributed by atoms with Crippen LogP contribution in [0, 0.1) is 0 Å². The van der Waals surface area contributed by atoms with Gasteiger partial charge in [0.1, 0.15) is 18.5 Å². The summed E-state index contributed by atoms with van der Waals surface area (Å²) in [5.41, 5.74) is 2.40. The first-order valence-electron chi connectivity index (χ1n) is 13.0. The van der Waals surface area contributed by atoms with Crippen molar-refractivity contribution in [3.8, 4) is 17.6 Å². The van der Waals surface area contributed by atoms with Gasteiger partial charge in [0.2, 0.25) is 5.88 Å². The normalized spacial score (nSPS) is 17.5. The van der Waals surface area contributed by atoms with Crippen molar-refractivity contribution >= 4 is 0 Å². The lowest BCUT2D eigenvalue weighted by atomic mass is 9.86. The third kappa shape index (κ3) is 7.52. The molecule has 0 saturated heterocycles. The number of likely N-dealkylation sites (N-methyl/N-ethyl adjacent to an activating group) is 1. The molecule has 35 heavy (non-hydrogen) atoms. The van der Waals surface area contributed by atoms with Crippen molar-refractivity contribution in [2.75, 3.05) is 27.2 Å². The van der Waals surface area contributed by atoms with Gasteiger partial charge in [0.25, 0.3) is 0 Å². The Kier molecular flexibility index (Phi) is 10.5. The highest BCUT2D eigenvalue weighted by molar-refractivity contribution is 5.38. The molecule has 1 aromatic carbocycles. The van der Waals surface area contributed by atoms with Gasteiger partial charge in [-0.3, -0.25) is 0 Å². The van der Waals surface area contributed by atoms with Gasteiger partial charge in [0.05, 0.1) is 5.69 Å². The summed E-state index contributed by atoms with van der Waals surface area (Å²) >= 11 is 0. The SMILES string of the molecule is CC.CCCc1ccc(-n2c(OCCN(C)C)nnc2C2CCC(Oc3ccccn3)CC2)cc1. The van der Waals surface area contributed by atoms with Crippen molar-refractivity contribution in [2.45, 2.75) is 71.3 Å². The minimum absolute atomic E-state index is 0.191. The minimum Gasteiger partial charge on any atom is -0.474 e. The van der Waals surface area contributed by atoms with Gasteiger partial charge in [0.15, 0.2) is 0 Å². The standard InChI is InChI=1S/C26H35N5O2.C2H6/c1-4-7-20-9-13-22(14-10-20)31-25(28-29-26(31)32-19-18-30(2)3)21-11-15-23(16-12-21)33-24-8-5-6-17-27-24;1-2/h5-6,8-10,13-14,17,21,23H,4,7,11-12,15-16,18-19H2,1-3H3;1-2H3. The second-order valence-corrected chi connectivity index (χ2v) is 9.00. The summed E-state index contributed by atoms with van der Waals surface area (Å²) < 4.78 is 14.3. The molecule has 1 saturated carbocycles. The fraction of sp³-hybridized carbons (Fsp3) is 0.536. The summed E-state index contributed by atoms with van der Waals surface area (Å²) in [6, 6.07) is 15.1. The van der Waals surface area contributed by atoms with Crippen LogP contribution >= 0.6 is 0 Å². The third-order valence-corrected chi connectivity index (χ3v) is 6.13. The number of benzene rings is 1. The average Bonchev–Trinajstić information content (AvgIpc) is 3.30. The van der Waals surface area contributed by atoms with Crippen LogP contribution in [-0.2, 0) is 6.42 Å². The number of nitrogens with zero attached hydrogens (tertiary/aromatic N) is 5. The second-order valence-electron chi connectivity index (χ2n) is 9.00. The van der Waals surface area contributed by atoms with Gasteiger partial charge >= 0.3 is 6.01 Å². The Morgan fingerprint density at radius 2 is 1.71 bits per heavy atom. The van der Waals surface area contributed by atoms with Crippen LogP contribution in [0.15, 0.2) is 48.7 Å². The maximum absolute atomic E-state index is 6.09. The summed E-state index contributed by atoms with van der Waals surface area (Å²) in [7, 11) is 4.08. The zero-order valence-corrected chi connectivity index (χ0v) is 22.0. The van der Waals surface area contributed by atoms with Gasteiger partial charge in [-0.05, 0) is 70.0 Å². The maximum Gasteiger partial charge on any atom is 0.321 e. The first-order valence-corrected chi connectivity index (χ1v) is 13.0. The Bertz CT molecular complexity index is 980. The highest BCUT2D eigenvalue weighted by atomic mass is 16.5. The van der Waals surface area contributed by atoms with Gasteiger partial charge in [-0.15, -0.1) is 5.10 Å². The Balaban J connectivity index is 0.00000167. The van der Waals surface area contributed by atoms with Crippen molar-refractivity contribution in [1.29, 1.82) is 0 Å². The predicted molar refractivity (Wildman–Crippen MR) is 141 cm³/mol. The van der Waals surface area contributed by atoms with Crippen LogP contribution in [0.1, 0.15) is 70.2 Å². The summed E-state index contributed by atoms with van der Waals surface area (Å²) in [6.45, 7) is 7.60. The summed E-state index contributed by atoms with van der Waals surface area (Å²) in [5.74, 6) is 2.00. The molecule has 2 aromatic heterocycles. The van der Waals surface area contributed by atoms with Crippen LogP contribution < -0.4 is 9.47 Å². The largest absolute Gasteiger partial charge is 0.474 e. The quantitative estimate of drug-likeness (QED) is 0.372. The van der Waals surface area contributed by atoms with E-state index >= 15 is 0 Å². The summed E-state index contributed by atoms with van der Waals surface area (Å²) in [4.78, 5) is 6.40. The van der Waals surface area contributed by atoms with Crippen molar-refractivity contribution < 1.29 is 9.47 Å². The summed E-state index contributed by atoms with van der Waals surface area (Å²) in [5, 5.41) is 9.04. The molecule has 0 radical (unpaired) electrons.